The van der Waals surface area contributed by atoms with E-state index in [0.717, 1.165) is 11.8 Å². The summed E-state index contributed by atoms with van der Waals surface area (Å²) in [5.41, 5.74) is 4.51. The van der Waals surface area contributed by atoms with Crippen LogP contribution in [0.2, 0.25) is 0 Å². The molecule has 0 bridgehead atoms. The fourth-order valence-electron chi connectivity index (χ4n) is 2.93. The Morgan fingerprint density at radius 2 is 2.29 bits per heavy atom. The maximum Gasteiger partial charge on any atom is 0.227 e. The van der Waals surface area contributed by atoms with Crippen LogP contribution in [0, 0.1) is 17.2 Å². The van der Waals surface area contributed by atoms with Crippen molar-refractivity contribution < 1.29 is 14.7 Å². The minimum atomic E-state index is -1.58. The van der Waals surface area contributed by atoms with Gasteiger partial charge in [0.2, 0.25) is 5.91 Å². The second-order valence-electron chi connectivity index (χ2n) is 5.73. The number of hydrogen-bond acceptors (Lipinski definition) is 7. The largest absolute Gasteiger partial charge is 0.371 e. The van der Waals surface area contributed by atoms with E-state index >= 15 is 0 Å². The number of amides is 1. The molecule has 0 saturated carbocycles. The van der Waals surface area contributed by atoms with Gasteiger partial charge in [0.1, 0.15) is 11.5 Å². The van der Waals surface area contributed by atoms with Gasteiger partial charge in [-0.15, -0.1) is 0 Å². The molecule has 1 aliphatic rings. The maximum absolute atomic E-state index is 12.2. The van der Waals surface area contributed by atoms with E-state index < -0.39 is 23.5 Å². The van der Waals surface area contributed by atoms with Crippen molar-refractivity contribution in [2.75, 3.05) is 5.75 Å². The van der Waals surface area contributed by atoms with E-state index in [4.69, 9.17) is 5.73 Å². The number of aromatic nitrogens is 1. The van der Waals surface area contributed by atoms with Crippen LogP contribution in [0.15, 0.2) is 35.1 Å². The number of carbonyl (C=O) groups is 2. The number of carbonyl (C=O) groups excluding carboxylic acids is 2. The van der Waals surface area contributed by atoms with Gasteiger partial charge in [-0.3, -0.25) is 14.6 Å². The van der Waals surface area contributed by atoms with Crippen molar-refractivity contribution in [3.8, 4) is 6.07 Å². The SMILES string of the molecule is CC(=O)C1C(c2cccnc2)C(C#N)=C(SCC(N)=O)NC1(C)O. The molecule has 1 amide bonds. The summed E-state index contributed by atoms with van der Waals surface area (Å²) >= 11 is 1.03. The third-order valence-electron chi connectivity index (χ3n) is 3.82. The first-order valence-corrected chi connectivity index (χ1v) is 8.22. The molecule has 126 valence electrons. The molecule has 3 atom stereocenters. The molecular formula is C16H18N4O3S. The fraction of sp³-hybridized carbons (Fsp3) is 0.375. The number of primary amides is 1. The zero-order chi connectivity index (χ0) is 17.9. The van der Waals surface area contributed by atoms with Crippen molar-refractivity contribution >= 4 is 23.5 Å². The number of nitrogens with two attached hydrogens (primary N) is 1. The Hall–Kier alpha value is -2.37. The number of aliphatic hydroxyl groups is 1. The lowest BCUT2D eigenvalue weighted by Crippen LogP contribution is -2.56. The molecular weight excluding hydrogens is 328 g/mol. The summed E-state index contributed by atoms with van der Waals surface area (Å²) in [5.74, 6) is -2.37. The Balaban J connectivity index is 2.60. The molecule has 0 radical (unpaired) electrons. The highest BCUT2D eigenvalue weighted by Crippen LogP contribution is 2.44. The number of hydrogen-bond donors (Lipinski definition) is 3. The summed E-state index contributed by atoms with van der Waals surface area (Å²) in [6, 6.07) is 5.56. The summed E-state index contributed by atoms with van der Waals surface area (Å²) in [5, 5.41) is 23.5. The predicted octanol–water partition coefficient (Wildman–Crippen LogP) is 0.636. The first-order valence-electron chi connectivity index (χ1n) is 7.24. The summed E-state index contributed by atoms with van der Waals surface area (Å²) in [4.78, 5) is 27.3. The zero-order valence-corrected chi connectivity index (χ0v) is 14.1. The van der Waals surface area contributed by atoms with Crippen LogP contribution in [-0.4, -0.2) is 33.3 Å². The molecule has 0 fully saturated rings. The van der Waals surface area contributed by atoms with E-state index in [0.29, 0.717) is 10.6 Å². The number of ketones is 1. The van der Waals surface area contributed by atoms with Crippen molar-refractivity contribution in [2.24, 2.45) is 11.7 Å². The van der Waals surface area contributed by atoms with Crippen LogP contribution in [0.3, 0.4) is 0 Å². The zero-order valence-electron chi connectivity index (χ0n) is 13.3. The van der Waals surface area contributed by atoms with Gasteiger partial charge in [-0.1, -0.05) is 17.8 Å². The van der Waals surface area contributed by atoms with Gasteiger partial charge in [0.05, 0.1) is 28.3 Å². The molecule has 0 aliphatic carbocycles. The Morgan fingerprint density at radius 3 is 2.79 bits per heavy atom. The highest BCUT2D eigenvalue weighted by molar-refractivity contribution is 8.03. The van der Waals surface area contributed by atoms with E-state index in [-0.39, 0.29) is 17.1 Å². The van der Waals surface area contributed by atoms with E-state index in [2.05, 4.69) is 16.4 Å². The lowest BCUT2D eigenvalue weighted by molar-refractivity contribution is -0.132. The smallest absolute Gasteiger partial charge is 0.227 e. The summed E-state index contributed by atoms with van der Waals surface area (Å²) in [6.07, 6.45) is 3.15. The summed E-state index contributed by atoms with van der Waals surface area (Å²) < 4.78 is 0. The molecule has 1 aliphatic heterocycles. The van der Waals surface area contributed by atoms with Crippen LogP contribution in [0.25, 0.3) is 0 Å². The summed E-state index contributed by atoms with van der Waals surface area (Å²) in [7, 11) is 0. The van der Waals surface area contributed by atoms with Gasteiger partial charge in [0, 0.05) is 18.3 Å². The number of allylic oxidation sites excluding steroid dienone is 1. The molecule has 24 heavy (non-hydrogen) atoms. The van der Waals surface area contributed by atoms with Gasteiger partial charge in [0.25, 0.3) is 0 Å². The standard InChI is InChI=1S/C16H18N4O3S/c1-9(21)14-13(10-4-3-5-19-7-10)11(6-17)15(20-16(14,2)23)24-8-12(18)22/h3-5,7,13-14,20,23H,8H2,1-2H3,(H2,18,22). The van der Waals surface area contributed by atoms with Gasteiger partial charge in [-0.05, 0) is 25.5 Å². The Morgan fingerprint density at radius 1 is 1.58 bits per heavy atom. The molecule has 3 unspecified atom stereocenters. The molecule has 1 aromatic heterocycles. The number of Topliss-reactive ketones (excluding diaryl/α,β-unsaturated/α-hetero) is 1. The number of rotatable bonds is 5. The van der Waals surface area contributed by atoms with Crippen molar-refractivity contribution in [1.29, 1.82) is 5.26 Å². The van der Waals surface area contributed by atoms with Crippen molar-refractivity contribution in [2.45, 2.75) is 25.5 Å². The van der Waals surface area contributed by atoms with Crippen LogP contribution in [-0.2, 0) is 9.59 Å². The molecule has 8 heteroatoms. The van der Waals surface area contributed by atoms with Crippen molar-refractivity contribution in [1.82, 2.24) is 10.3 Å². The highest BCUT2D eigenvalue weighted by Gasteiger charge is 2.48. The van der Waals surface area contributed by atoms with Crippen LogP contribution < -0.4 is 11.1 Å². The normalized spacial score (nSPS) is 26.4. The Bertz CT molecular complexity index is 725. The van der Waals surface area contributed by atoms with Crippen molar-refractivity contribution in [3.63, 3.8) is 0 Å². The van der Waals surface area contributed by atoms with Crippen LogP contribution in [0.4, 0.5) is 0 Å². The minimum absolute atomic E-state index is 0.0475. The second kappa shape index (κ2) is 7.03. The van der Waals surface area contributed by atoms with E-state index in [1.165, 1.54) is 13.8 Å². The first-order chi connectivity index (χ1) is 11.3. The lowest BCUT2D eigenvalue weighted by Gasteiger charge is -2.43. The molecule has 0 spiro atoms. The van der Waals surface area contributed by atoms with Gasteiger partial charge in [-0.25, -0.2) is 0 Å². The van der Waals surface area contributed by atoms with Gasteiger partial charge < -0.3 is 16.2 Å². The van der Waals surface area contributed by atoms with Gasteiger partial charge in [0.15, 0.2) is 0 Å². The Labute approximate surface area is 143 Å². The molecule has 0 saturated heterocycles. The van der Waals surface area contributed by atoms with E-state index in [9.17, 15) is 20.0 Å². The average molecular weight is 346 g/mol. The number of thioether (sulfide) groups is 1. The topological polar surface area (TPSA) is 129 Å². The predicted molar refractivity (Wildman–Crippen MR) is 89.2 cm³/mol. The number of pyridine rings is 1. The third kappa shape index (κ3) is 3.58. The van der Waals surface area contributed by atoms with E-state index in [1.54, 1.807) is 24.5 Å². The molecule has 7 nitrogen and oxygen atoms in total. The molecule has 0 aromatic carbocycles. The average Bonchev–Trinajstić information content (AvgIpc) is 2.51. The molecule has 1 aromatic rings. The number of nitrogens with one attached hydrogen (secondary N) is 1. The molecule has 2 rings (SSSR count). The fourth-order valence-corrected chi connectivity index (χ4v) is 3.83. The first kappa shape index (κ1) is 18.0. The van der Waals surface area contributed by atoms with Crippen LogP contribution in [0.5, 0.6) is 0 Å². The Kier molecular flexibility index (Phi) is 5.26. The van der Waals surface area contributed by atoms with Gasteiger partial charge in [-0.2, -0.15) is 5.26 Å². The maximum atomic E-state index is 12.2. The number of nitrogens with zero attached hydrogens (tertiary/aromatic N) is 2. The lowest BCUT2D eigenvalue weighted by atomic mass is 9.72. The quantitative estimate of drug-likeness (QED) is 0.713. The second-order valence-corrected chi connectivity index (χ2v) is 6.72. The molecule has 4 N–H and O–H groups in total. The highest BCUT2D eigenvalue weighted by atomic mass is 32.2. The molecule has 2 heterocycles. The van der Waals surface area contributed by atoms with Gasteiger partial charge >= 0.3 is 0 Å². The van der Waals surface area contributed by atoms with E-state index in [1.807, 2.05) is 0 Å². The minimum Gasteiger partial charge on any atom is -0.371 e. The number of nitriles is 1. The van der Waals surface area contributed by atoms with Crippen molar-refractivity contribution in [3.05, 3.63) is 40.7 Å². The van der Waals surface area contributed by atoms with Crippen LogP contribution in [0.1, 0.15) is 25.3 Å². The monoisotopic (exact) mass is 346 g/mol. The summed E-state index contributed by atoms with van der Waals surface area (Å²) in [6.45, 7) is 2.85. The third-order valence-corrected chi connectivity index (χ3v) is 4.86. The van der Waals surface area contributed by atoms with Crippen LogP contribution >= 0.6 is 11.8 Å².